The summed E-state index contributed by atoms with van der Waals surface area (Å²) in [6, 6.07) is 2.21. The average Bonchev–Trinajstić information content (AvgIpc) is 3.17. The highest BCUT2D eigenvalue weighted by Gasteiger charge is 2.42. The van der Waals surface area contributed by atoms with Crippen molar-refractivity contribution < 1.29 is 9.53 Å². The third-order valence-electron chi connectivity index (χ3n) is 4.50. The van der Waals surface area contributed by atoms with Crippen LogP contribution in [0.3, 0.4) is 0 Å². The summed E-state index contributed by atoms with van der Waals surface area (Å²) < 4.78 is 6.17. The van der Waals surface area contributed by atoms with Gasteiger partial charge in [-0.15, -0.1) is 11.3 Å². The van der Waals surface area contributed by atoms with Crippen LogP contribution in [0.1, 0.15) is 33.0 Å². The van der Waals surface area contributed by atoms with Gasteiger partial charge in [0.05, 0.1) is 12.8 Å². The molecule has 1 saturated heterocycles. The van der Waals surface area contributed by atoms with Crippen molar-refractivity contribution in [3.8, 4) is 0 Å². The molecule has 2 aliphatic rings. The van der Waals surface area contributed by atoms with Gasteiger partial charge in [-0.1, -0.05) is 11.3 Å². The monoisotopic (exact) mass is 335 g/mol. The van der Waals surface area contributed by atoms with Gasteiger partial charge in [-0.3, -0.25) is 4.79 Å². The predicted molar refractivity (Wildman–Crippen MR) is 87.3 cm³/mol. The van der Waals surface area contributed by atoms with Crippen LogP contribution in [0.4, 0.5) is 5.13 Å². The highest BCUT2D eigenvalue weighted by atomic mass is 32.1. The maximum Gasteiger partial charge on any atom is 0.265 e. The number of rotatable bonds is 1. The minimum Gasteiger partial charge on any atom is -0.375 e. The lowest BCUT2D eigenvalue weighted by molar-refractivity contribution is -0.0905. The van der Waals surface area contributed by atoms with Gasteiger partial charge in [0.25, 0.3) is 5.91 Å². The number of hydrogen-bond donors (Lipinski definition) is 1. The number of thiophene rings is 1. The molecule has 0 atom stereocenters. The third-order valence-corrected chi connectivity index (χ3v) is 6.46. The second kappa shape index (κ2) is 5.33. The molecule has 0 radical (unpaired) electrons. The van der Waals surface area contributed by atoms with Crippen LogP contribution in [-0.4, -0.2) is 35.5 Å². The van der Waals surface area contributed by atoms with Gasteiger partial charge >= 0.3 is 0 Å². The first-order valence-corrected chi connectivity index (χ1v) is 9.09. The van der Waals surface area contributed by atoms with Gasteiger partial charge < -0.3 is 15.4 Å². The SMILES string of the molecule is Nc1ncc(C(=O)N2CCC3(CC2)OCCc2ccsc23)s1. The molecule has 2 aromatic heterocycles. The molecule has 5 nitrogen and oxygen atoms in total. The van der Waals surface area contributed by atoms with Crippen molar-refractivity contribution in [2.75, 3.05) is 25.4 Å². The number of piperidine rings is 1. The second-order valence-electron chi connectivity index (χ2n) is 5.72. The highest BCUT2D eigenvalue weighted by molar-refractivity contribution is 7.17. The molecular formula is C15H17N3O2S2. The van der Waals surface area contributed by atoms with Crippen LogP contribution in [0.15, 0.2) is 17.6 Å². The van der Waals surface area contributed by atoms with E-state index in [4.69, 9.17) is 10.5 Å². The van der Waals surface area contributed by atoms with E-state index in [1.807, 2.05) is 4.90 Å². The Kier molecular flexibility index (Phi) is 3.43. The summed E-state index contributed by atoms with van der Waals surface area (Å²) in [7, 11) is 0. The standard InChI is InChI=1S/C15H17N3O2S2/c16-14-17-9-11(22-14)13(19)18-5-3-15(4-6-18)12-10(1-7-20-15)2-8-21-12/h2,8-9H,1,3-7H2,(H2,16,17). The van der Waals surface area contributed by atoms with E-state index in [1.165, 1.54) is 21.8 Å². The molecule has 0 bridgehead atoms. The van der Waals surface area contributed by atoms with E-state index in [-0.39, 0.29) is 11.5 Å². The molecule has 4 heterocycles. The van der Waals surface area contributed by atoms with Gasteiger partial charge in [0, 0.05) is 18.0 Å². The Hall–Kier alpha value is -1.44. The van der Waals surface area contributed by atoms with Gasteiger partial charge in [-0.05, 0) is 36.3 Å². The first-order chi connectivity index (χ1) is 10.7. The molecule has 1 amide bonds. The van der Waals surface area contributed by atoms with Gasteiger partial charge in [-0.25, -0.2) is 4.98 Å². The zero-order valence-electron chi connectivity index (χ0n) is 12.1. The fourth-order valence-electron chi connectivity index (χ4n) is 3.34. The molecule has 22 heavy (non-hydrogen) atoms. The van der Waals surface area contributed by atoms with E-state index < -0.39 is 0 Å². The van der Waals surface area contributed by atoms with E-state index in [0.29, 0.717) is 23.1 Å². The molecule has 7 heteroatoms. The van der Waals surface area contributed by atoms with Crippen molar-refractivity contribution in [1.29, 1.82) is 0 Å². The molecule has 0 saturated carbocycles. The molecule has 0 aliphatic carbocycles. The zero-order chi connectivity index (χ0) is 15.2. The number of amides is 1. The van der Waals surface area contributed by atoms with E-state index in [0.717, 1.165) is 25.9 Å². The Balaban J connectivity index is 1.51. The van der Waals surface area contributed by atoms with Crippen LogP contribution >= 0.6 is 22.7 Å². The molecule has 116 valence electrons. The highest BCUT2D eigenvalue weighted by Crippen LogP contribution is 2.44. The van der Waals surface area contributed by atoms with Crippen molar-refractivity contribution in [3.05, 3.63) is 33.0 Å². The number of thiazole rings is 1. The van der Waals surface area contributed by atoms with Gasteiger partial charge in [0.2, 0.25) is 0 Å². The third kappa shape index (κ3) is 2.24. The van der Waals surface area contributed by atoms with E-state index >= 15 is 0 Å². The number of likely N-dealkylation sites (tertiary alicyclic amines) is 1. The van der Waals surface area contributed by atoms with E-state index in [1.54, 1.807) is 17.5 Å². The van der Waals surface area contributed by atoms with Crippen LogP contribution < -0.4 is 5.73 Å². The van der Waals surface area contributed by atoms with Crippen LogP contribution in [0.2, 0.25) is 0 Å². The van der Waals surface area contributed by atoms with Crippen molar-refractivity contribution in [2.45, 2.75) is 24.9 Å². The number of carbonyl (C=O) groups excluding carboxylic acids is 1. The summed E-state index contributed by atoms with van der Waals surface area (Å²) >= 11 is 3.04. The van der Waals surface area contributed by atoms with Crippen molar-refractivity contribution in [1.82, 2.24) is 9.88 Å². The van der Waals surface area contributed by atoms with Gasteiger partial charge in [0.15, 0.2) is 5.13 Å². The largest absolute Gasteiger partial charge is 0.375 e. The number of carbonyl (C=O) groups is 1. The lowest BCUT2D eigenvalue weighted by Gasteiger charge is -2.43. The molecular weight excluding hydrogens is 318 g/mol. The van der Waals surface area contributed by atoms with Crippen LogP contribution in [0, 0.1) is 0 Å². The Labute approximate surface area is 136 Å². The average molecular weight is 335 g/mol. The topological polar surface area (TPSA) is 68.5 Å². The molecule has 2 N–H and O–H groups in total. The normalized spacial score (nSPS) is 20.1. The van der Waals surface area contributed by atoms with E-state index in [9.17, 15) is 4.79 Å². The first kappa shape index (κ1) is 14.2. The number of fused-ring (bicyclic) bond motifs is 2. The smallest absolute Gasteiger partial charge is 0.265 e. The lowest BCUT2D eigenvalue weighted by Crippen LogP contribution is -2.47. The molecule has 2 aromatic rings. The number of hydrogen-bond acceptors (Lipinski definition) is 6. The van der Waals surface area contributed by atoms with Crippen molar-refractivity contribution in [3.63, 3.8) is 0 Å². The Morgan fingerprint density at radius 3 is 2.95 bits per heavy atom. The fraction of sp³-hybridized carbons (Fsp3) is 0.467. The zero-order valence-corrected chi connectivity index (χ0v) is 13.7. The summed E-state index contributed by atoms with van der Waals surface area (Å²) in [6.45, 7) is 2.21. The van der Waals surface area contributed by atoms with E-state index in [2.05, 4.69) is 16.4 Å². The number of nitrogens with zero attached hydrogens (tertiary/aromatic N) is 2. The molecule has 1 spiro atoms. The first-order valence-electron chi connectivity index (χ1n) is 7.39. The lowest BCUT2D eigenvalue weighted by atomic mass is 9.85. The van der Waals surface area contributed by atoms with Crippen LogP contribution in [0.5, 0.6) is 0 Å². The Morgan fingerprint density at radius 2 is 2.23 bits per heavy atom. The van der Waals surface area contributed by atoms with Gasteiger partial charge in [0.1, 0.15) is 10.5 Å². The fourth-order valence-corrected chi connectivity index (χ4v) is 5.16. The van der Waals surface area contributed by atoms with Gasteiger partial charge in [-0.2, -0.15) is 0 Å². The minimum absolute atomic E-state index is 0.0336. The summed E-state index contributed by atoms with van der Waals surface area (Å²) in [6.07, 6.45) is 4.30. The number of nitrogens with two attached hydrogens (primary N) is 1. The molecule has 1 fully saturated rings. The molecule has 4 rings (SSSR count). The quantitative estimate of drug-likeness (QED) is 0.869. The summed E-state index contributed by atoms with van der Waals surface area (Å²) in [5.41, 5.74) is 6.86. The van der Waals surface area contributed by atoms with Crippen molar-refractivity contribution in [2.24, 2.45) is 0 Å². The second-order valence-corrected chi connectivity index (χ2v) is 7.70. The molecule has 2 aliphatic heterocycles. The van der Waals surface area contributed by atoms with Crippen LogP contribution in [0.25, 0.3) is 0 Å². The minimum atomic E-state index is -0.175. The van der Waals surface area contributed by atoms with Crippen LogP contribution in [-0.2, 0) is 16.8 Å². The summed E-state index contributed by atoms with van der Waals surface area (Å²) in [5, 5.41) is 2.59. The summed E-state index contributed by atoms with van der Waals surface area (Å²) in [4.78, 5) is 20.3. The van der Waals surface area contributed by atoms with Crippen molar-refractivity contribution >= 4 is 33.7 Å². The maximum atomic E-state index is 12.5. The molecule has 0 aromatic carbocycles. The number of ether oxygens (including phenoxy) is 1. The number of nitrogen functional groups attached to an aromatic ring is 1. The number of anilines is 1. The number of aromatic nitrogens is 1. The Bertz CT molecular complexity index is 701. The predicted octanol–water partition coefficient (Wildman–Crippen LogP) is 2.49. The maximum absolute atomic E-state index is 12.5. The molecule has 0 unspecified atom stereocenters. The Morgan fingerprint density at radius 1 is 1.41 bits per heavy atom. The summed E-state index contributed by atoms with van der Waals surface area (Å²) in [5.74, 6) is 0.0336.